The number of sulfonamides is 1. The number of thiophene rings is 1. The average Bonchev–Trinajstić information content (AvgIpc) is 3.39. The molecule has 2 aromatic heterocycles. The van der Waals surface area contributed by atoms with Crippen LogP contribution in [0.4, 0.5) is 5.69 Å². The lowest BCUT2D eigenvalue weighted by Gasteiger charge is -2.06. The van der Waals surface area contributed by atoms with Gasteiger partial charge in [0.05, 0.1) is 7.11 Å². The van der Waals surface area contributed by atoms with Gasteiger partial charge >= 0.3 is 0 Å². The summed E-state index contributed by atoms with van der Waals surface area (Å²) in [6.07, 6.45) is 3.70. The smallest absolute Gasteiger partial charge is 0.250 e. The number of anilines is 1. The van der Waals surface area contributed by atoms with Gasteiger partial charge in [-0.15, -0.1) is 11.3 Å². The van der Waals surface area contributed by atoms with E-state index in [0.717, 1.165) is 16.9 Å². The van der Waals surface area contributed by atoms with Crippen LogP contribution in [0.3, 0.4) is 0 Å². The highest BCUT2D eigenvalue weighted by atomic mass is 32.2. The summed E-state index contributed by atoms with van der Waals surface area (Å²) in [4.78, 5) is 12.4. The zero-order valence-electron chi connectivity index (χ0n) is 17.3. The van der Waals surface area contributed by atoms with Gasteiger partial charge in [-0.2, -0.15) is 0 Å². The molecule has 0 bridgehead atoms. The van der Waals surface area contributed by atoms with Crippen molar-refractivity contribution < 1.29 is 22.5 Å². The van der Waals surface area contributed by atoms with Crippen molar-refractivity contribution in [3.63, 3.8) is 0 Å². The van der Waals surface area contributed by atoms with Crippen molar-refractivity contribution in [2.45, 2.75) is 31.0 Å². The van der Waals surface area contributed by atoms with E-state index in [2.05, 4.69) is 15.2 Å². The van der Waals surface area contributed by atoms with Gasteiger partial charge in [-0.1, -0.05) is 24.2 Å². The molecule has 8 nitrogen and oxygen atoms in total. The number of nitrogens with one attached hydrogen (secondary N) is 2. The van der Waals surface area contributed by atoms with Crippen molar-refractivity contribution in [1.29, 1.82) is 0 Å². The third kappa shape index (κ3) is 5.81. The number of carbonyl (C=O) groups is 1. The molecule has 0 radical (unpaired) electrons. The van der Waals surface area contributed by atoms with Crippen molar-refractivity contribution in [2.24, 2.45) is 0 Å². The Bertz CT molecular complexity index is 1180. The van der Waals surface area contributed by atoms with Gasteiger partial charge in [0.15, 0.2) is 5.76 Å². The highest BCUT2D eigenvalue weighted by Gasteiger charge is 2.17. The van der Waals surface area contributed by atoms with Crippen molar-refractivity contribution in [3.05, 3.63) is 58.3 Å². The number of benzene rings is 1. The maximum absolute atomic E-state index is 12.6. The maximum atomic E-state index is 12.6. The van der Waals surface area contributed by atoms with E-state index in [1.807, 2.05) is 0 Å². The Morgan fingerprint density at radius 1 is 1.19 bits per heavy atom. The first-order valence-corrected chi connectivity index (χ1v) is 11.8. The molecule has 10 heteroatoms. The molecular weight excluding hydrogens is 438 g/mol. The van der Waals surface area contributed by atoms with Gasteiger partial charge in [-0.3, -0.25) is 4.79 Å². The molecule has 0 atom stereocenters. The molecule has 1 amide bonds. The van der Waals surface area contributed by atoms with E-state index >= 15 is 0 Å². The molecule has 3 aromatic rings. The molecule has 0 fully saturated rings. The largest absolute Gasteiger partial charge is 0.497 e. The quantitative estimate of drug-likeness (QED) is 0.497. The van der Waals surface area contributed by atoms with Crippen LogP contribution in [-0.4, -0.2) is 26.6 Å². The summed E-state index contributed by atoms with van der Waals surface area (Å²) in [5.74, 6) is 0.962. The van der Waals surface area contributed by atoms with Crippen LogP contribution in [0.2, 0.25) is 0 Å². The fraction of sp³-hybridized carbons (Fsp3) is 0.238. The molecule has 0 unspecified atom stereocenters. The van der Waals surface area contributed by atoms with Crippen LogP contribution in [0.5, 0.6) is 5.75 Å². The average molecular weight is 462 g/mol. The second-order valence-corrected chi connectivity index (χ2v) is 9.68. The Morgan fingerprint density at radius 3 is 2.61 bits per heavy atom. The number of aromatic nitrogens is 1. The number of nitrogens with zero attached hydrogens (tertiary/aromatic N) is 1. The van der Waals surface area contributed by atoms with E-state index in [4.69, 9.17) is 9.26 Å². The predicted octanol–water partition coefficient (Wildman–Crippen LogP) is 4.05. The van der Waals surface area contributed by atoms with Crippen molar-refractivity contribution in [2.75, 3.05) is 12.4 Å². The molecular formula is C21H23N3O5S2. The van der Waals surface area contributed by atoms with Crippen LogP contribution >= 0.6 is 11.3 Å². The molecule has 164 valence electrons. The number of methoxy groups -OCH3 is 1. The minimum Gasteiger partial charge on any atom is -0.497 e. The van der Waals surface area contributed by atoms with Gasteiger partial charge in [-0.25, -0.2) is 13.1 Å². The highest BCUT2D eigenvalue weighted by molar-refractivity contribution is 7.91. The molecule has 0 aliphatic heterocycles. The number of aryl methyl sites for hydroxylation is 1. The van der Waals surface area contributed by atoms with Gasteiger partial charge in [0.1, 0.15) is 21.3 Å². The Morgan fingerprint density at radius 2 is 1.94 bits per heavy atom. The third-order valence-corrected chi connectivity index (χ3v) is 7.31. The van der Waals surface area contributed by atoms with E-state index in [9.17, 15) is 13.2 Å². The van der Waals surface area contributed by atoms with Crippen LogP contribution in [-0.2, 0) is 21.4 Å². The van der Waals surface area contributed by atoms with Crippen LogP contribution in [0.1, 0.15) is 35.2 Å². The molecule has 2 N–H and O–H groups in total. The van der Waals surface area contributed by atoms with E-state index < -0.39 is 10.0 Å². The lowest BCUT2D eigenvalue weighted by atomic mass is 10.2. The van der Waals surface area contributed by atoms with Gasteiger partial charge in [0.25, 0.3) is 0 Å². The van der Waals surface area contributed by atoms with Gasteiger partial charge < -0.3 is 14.6 Å². The van der Waals surface area contributed by atoms with Crippen LogP contribution in [0.25, 0.3) is 12.2 Å². The third-order valence-electron chi connectivity index (χ3n) is 4.37. The van der Waals surface area contributed by atoms with Gasteiger partial charge in [0.2, 0.25) is 15.9 Å². The molecule has 0 saturated carbocycles. The summed E-state index contributed by atoms with van der Waals surface area (Å²) in [5.41, 5.74) is 1.90. The summed E-state index contributed by atoms with van der Waals surface area (Å²) in [7, 11) is -2.07. The summed E-state index contributed by atoms with van der Waals surface area (Å²) < 4.78 is 38.4. The minimum atomic E-state index is -3.65. The molecule has 3 rings (SSSR count). The zero-order chi connectivity index (χ0) is 22.4. The first-order chi connectivity index (χ1) is 14.8. The molecule has 0 saturated heterocycles. The number of hydrogen-bond acceptors (Lipinski definition) is 7. The van der Waals surface area contributed by atoms with Crippen molar-refractivity contribution in [1.82, 2.24) is 9.88 Å². The summed E-state index contributed by atoms with van der Waals surface area (Å²) in [6.45, 7) is 3.66. The Hall–Kier alpha value is -2.95. The maximum Gasteiger partial charge on any atom is 0.250 e. The lowest BCUT2D eigenvalue weighted by Crippen LogP contribution is -2.22. The molecule has 2 heterocycles. The molecule has 0 spiro atoms. The highest BCUT2D eigenvalue weighted by Crippen LogP contribution is 2.26. The monoisotopic (exact) mass is 461 g/mol. The topological polar surface area (TPSA) is 111 Å². The van der Waals surface area contributed by atoms with Crippen LogP contribution < -0.4 is 14.8 Å². The van der Waals surface area contributed by atoms with Gasteiger partial charge in [-0.05, 0) is 48.9 Å². The van der Waals surface area contributed by atoms with E-state index in [1.165, 1.54) is 0 Å². The Kier molecular flexibility index (Phi) is 7.26. The standard InChI is InChI=1S/C21H23N3O5S2/c1-4-19(25)23-21-14(2)24-29-18(21)11-9-17-10-12-20(30-17)31(26,27)22-13-15-5-7-16(28-3)8-6-15/h5-12,22H,4,13H2,1-3H3,(H,23,25). The second kappa shape index (κ2) is 9.90. The van der Waals surface area contributed by atoms with E-state index in [0.29, 0.717) is 34.2 Å². The number of rotatable bonds is 9. The predicted molar refractivity (Wildman–Crippen MR) is 120 cm³/mol. The molecule has 31 heavy (non-hydrogen) atoms. The summed E-state index contributed by atoms with van der Waals surface area (Å²) in [6, 6.07) is 10.4. The fourth-order valence-corrected chi connectivity index (χ4v) is 4.89. The zero-order valence-corrected chi connectivity index (χ0v) is 19.0. The van der Waals surface area contributed by atoms with Crippen LogP contribution in [0.15, 0.2) is 45.1 Å². The second-order valence-electron chi connectivity index (χ2n) is 6.57. The first kappa shape index (κ1) is 22.7. The SMILES string of the molecule is CCC(=O)Nc1c(C)noc1C=Cc1ccc(S(=O)(=O)NCc2ccc(OC)cc2)s1. The normalized spacial score (nSPS) is 11.7. The van der Waals surface area contributed by atoms with Crippen molar-refractivity contribution >= 4 is 45.1 Å². The Balaban J connectivity index is 1.68. The molecule has 0 aliphatic carbocycles. The fourth-order valence-electron chi connectivity index (χ4n) is 2.60. The van der Waals surface area contributed by atoms with E-state index in [-0.39, 0.29) is 16.7 Å². The van der Waals surface area contributed by atoms with E-state index in [1.54, 1.807) is 69.5 Å². The lowest BCUT2D eigenvalue weighted by molar-refractivity contribution is -0.115. The number of carbonyl (C=O) groups excluding carboxylic acids is 1. The first-order valence-electron chi connectivity index (χ1n) is 9.49. The number of amides is 1. The molecule has 1 aromatic carbocycles. The van der Waals surface area contributed by atoms with Crippen molar-refractivity contribution in [3.8, 4) is 5.75 Å². The summed E-state index contributed by atoms with van der Waals surface area (Å²) >= 11 is 1.12. The Labute approximate surface area is 185 Å². The molecule has 0 aliphatic rings. The van der Waals surface area contributed by atoms with Gasteiger partial charge in [0, 0.05) is 17.8 Å². The number of ether oxygens (including phenoxy) is 1. The number of hydrogen-bond donors (Lipinski definition) is 2. The van der Waals surface area contributed by atoms with Crippen LogP contribution in [0, 0.1) is 6.92 Å². The minimum absolute atomic E-state index is 0.145. The summed E-state index contributed by atoms with van der Waals surface area (Å²) in [5, 5.41) is 6.63.